The number of aromatic amines is 1. The maximum atomic E-state index is 14.4. The molecule has 1 aromatic carbocycles. The second kappa shape index (κ2) is 13.9. The van der Waals surface area contributed by atoms with E-state index in [-0.39, 0.29) is 36.6 Å². The van der Waals surface area contributed by atoms with Crippen molar-refractivity contribution in [1.29, 1.82) is 0 Å². The molecule has 0 spiro atoms. The maximum absolute atomic E-state index is 14.4. The molecule has 0 radical (unpaired) electrons. The molecule has 0 unspecified atom stereocenters. The fourth-order valence-corrected chi connectivity index (χ4v) is 5.01. The molecule has 1 saturated heterocycles. The van der Waals surface area contributed by atoms with Crippen LogP contribution < -0.4 is 10.1 Å². The van der Waals surface area contributed by atoms with E-state index >= 15 is 0 Å². The van der Waals surface area contributed by atoms with Gasteiger partial charge in [0.25, 0.3) is 5.91 Å². The van der Waals surface area contributed by atoms with Gasteiger partial charge in [0.1, 0.15) is 23.1 Å². The van der Waals surface area contributed by atoms with Crippen LogP contribution in [0.4, 0.5) is 0 Å². The minimum Gasteiger partial charge on any atom is -0.494 e. The van der Waals surface area contributed by atoms with Gasteiger partial charge in [-0.1, -0.05) is 19.9 Å². The number of rotatable bonds is 11. The van der Waals surface area contributed by atoms with Gasteiger partial charge in [-0.3, -0.25) is 9.89 Å². The van der Waals surface area contributed by atoms with Gasteiger partial charge in [0.05, 0.1) is 12.6 Å². The van der Waals surface area contributed by atoms with Crippen LogP contribution in [0.15, 0.2) is 24.5 Å². The molecular formula is C25H39Cl2N7O3. The molecule has 2 aromatic heterocycles. The molecule has 4 rings (SSSR count). The molecule has 1 amide bonds. The molecule has 37 heavy (non-hydrogen) atoms. The van der Waals surface area contributed by atoms with Crippen molar-refractivity contribution in [2.45, 2.75) is 51.6 Å². The summed E-state index contributed by atoms with van der Waals surface area (Å²) in [5, 5.41) is 10.7. The van der Waals surface area contributed by atoms with Gasteiger partial charge in [0.2, 0.25) is 0 Å². The fourth-order valence-electron chi connectivity index (χ4n) is 5.01. The lowest BCUT2D eigenvalue weighted by Crippen LogP contribution is -2.59. The van der Waals surface area contributed by atoms with Crippen molar-refractivity contribution in [3.63, 3.8) is 0 Å². The van der Waals surface area contributed by atoms with Crippen LogP contribution in [0.2, 0.25) is 0 Å². The van der Waals surface area contributed by atoms with E-state index in [4.69, 9.17) is 14.5 Å². The Labute approximate surface area is 230 Å². The van der Waals surface area contributed by atoms with Crippen LogP contribution >= 0.6 is 24.8 Å². The molecule has 12 heteroatoms. The summed E-state index contributed by atoms with van der Waals surface area (Å²) in [5.74, 6) is 1.94. The molecule has 1 aliphatic rings. The molecule has 1 aliphatic heterocycles. The Bertz CT molecular complexity index is 1120. The quantitative estimate of drug-likeness (QED) is 0.346. The first-order valence-electron chi connectivity index (χ1n) is 12.4. The number of H-pyrrole nitrogens is 1. The van der Waals surface area contributed by atoms with Gasteiger partial charge in [-0.05, 0) is 50.3 Å². The number of unbranched alkanes of at least 4 members (excludes halogenated alkanes) is 1. The summed E-state index contributed by atoms with van der Waals surface area (Å²) >= 11 is 0. The van der Waals surface area contributed by atoms with Crippen molar-refractivity contribution in [3.8, 4) is 5.75 Å². The first-order chi connectivity index (χ1) is 17.0. The molecule has 10 nitrogen and oxygen atoms in total. The topological polar surface area (TPSA) is 110 Å². The number of halogens is 2. The number of piperidine rings is 1. The summed E-state index contributed by atoms with van der Waals surface area (Å²) in [6.07, 6.45) is 5.01. The van der Waals surface area contributed by atoms with Gasteiger partial charge in [0.15, 0.2) is 11.6 Å². The zero-order chi connectivity index (χ0) is 24.8. The maximum Gasteiger partial charge on any atom is 0.290 e. The first-order valence-corrected chi connectivity index (χ1v) is 12.4. The Morgan fingerprint density at radius 3 is 2.68 bits per heavy atom. The lowest BCUT2D eigenvalue weighted by Gasteiger charge is -2.45. The molecule has 0 aliphatic carbocycles. The Morgan fingerprint density at radius 2 is 2.05 bits per heavy atom. The van der Waals surface area contributed by atoms with E-state index in [9.17, 15) is 4.79 Å². The number of imidazole rings is 1. The molecule has 206 valence electrons. The van der Waals surface area contributed by atoms with E-state index < -0.39 is 5.54 Å². The number of ether oxygens (including phenoxy) is 2. The number of nitrogens with one attached hydrogen (secondary N) is 2. The van der Waals surface area contributed by atoms with Gasteiger partial charge in [-0.25, -0.2) is 9.97 Å². The molecule has 3 heterocycles. The van der Waals surface area contributed by atoms with E-state index in [2.05, 4.69) is 34.3 Å². The molecule has 3 aromatic rings. The minimum atomic E-state index is -0.626. The summed E-state index contributed by atoms with van der Waals surface area (Å²) in [6, 6.07) is 5.82. The highest BCUT2D eigenvalue weighted by molar-refractivity contribution is 5.96. The van der Waals surface area contributed by atoms with Crippen LogP contribution in [0.1, 0.15) is 56.0 Å². The van der Waals surface area contributed by atoms with E-state index in [1.165, 1.54) is 6.33 Å². The van der Waals surface area contributed by atoms with Gasteiger partial charge in [0, 0.05) is 33.4 Å². The fraction of sp³-hybridized carbons (Fsp3) is 0.600. The number of carbonyl (C=O) groups is 1. The number of aryl methyl sites for hydroxylation is 1. The van der Waals surface area contributed by atoms with Gasteiger partial charge in [-0.15, -0.1) is 24.8 Å². The average Bonchev–Trinajstić information content (AvgIpc) is 3.54. The summed E-state index contributed by atoms with van der Waals surface area (Å²) in [7, 11) is 3.34. The Balaban J connectivity index is 0.00000241. The summed E-state index contributed by atoms with van der Waals surface area (Å²) in [6.45, 7) is 7.69. The van der Waals surface area contributed by atoms with Crippen molar-refractivity contribution in [3.05, 3.63) is 36.2 Å². The largest absolute Gasteiger partial charge is 0.494 e. The highest BCUT2D eigenvalue weighted by atomic mass is 35.5. The summed E-state index contributed by atoms with van der Waals surface area (Å²) < 4.78 is 12.9. The number of carbonyl (C=O) groups excluding carboxylic acids is 1. The Morgan fingerprint density at radius 1 is 1.24 bits per heavy atom. The molecule has 1 atom stereocenters. The molecular weight excluding hydrogens is 517 g/mol. The molecule has 2 N–H and O–H groups in total. The number of aromatic nitrogens is 5. The number of fused-ring (bicyclic) bond motifs is 1. The van der Waals surface area contributed by atoms with Crippen LogP contribution in [0.3, 0.4) is 0 Å². The summed E-state index contributed by atoms with van der Waals surface area (Å²) in [4.78, 5) is 25.8. The number of benzene rings is 1. The SMILES string of the molecule is COCCCCn1c(C(=O)N(CC(C)C)[C@]2(c3ncn[nH]3)CCCNC2)nc2c(OC)cccc21.Cl.Cl. The van der Waals surface area contributed by atoms with Gasteiger partial charge < -0.3 is 24.3 Å². The van der Waals surface area contributed by atoms with E-state index in [0.29, 0.717) is 49.2 Å². The predicted molar refractivity (Wildman–Crippen MR) is 148 cm³/mol. The van der Waals surface area contributed by atoms with Crippen LogP contribution in [-0.4, -0.2) is 76.0 Å². The van der Waals surface area contributed by atoms with Gasteiger partial charge in [-0.2, -0.15) is 5.10 Å². The standard InChI is InChI=1S/C25H37N7O3.2ClH/c1-18(2)15-32(25(11-8-12-26-16-25)24-27-17-28-30-24)23(33)22-29-21-19(9-7-10-20(21)35-4)31(22)13-5-6-14-34-3;;/h7,9-10,17-18,26H,5-6,8,11-16H2,1-4H3,(H,27,28,30);2*1H/t25-;;/m1../s1. The zero-order valence-electron chi connectivity index (χ0n) is 22.0. The van der Waals surface area contributed by atoms with Crippen molar-refractivity contribution >= 4 is 41.8 Å². The third-order valence-corrected chi connectivity index (χ3v) is 6.66. The highest BCUT2D eigenvalue weighted by Crippen LogP contribution is 2.36. The summed E-state index contributed by atoms with van der Waals surface area (Å²) in [5.41, 5.74) is 0.967. The number of nitrogens with zero attached hydrogens (tertiary/aromatic N) is 5. The minimum absolute atomic E-state index is 0. The smallest absolute Gasteiger partial charge is 0.290 e. The Kier molecular flexibility index (Phi) is 11.6. The van der Waals surface area contributed by atoms with Crippen molar-refractivity contribution < 1.29 is 14.3 Å². The van der Waals surface area contributed by atoms with E-state index in [0.717, 1.165) is 37.7 Å². The number of hydrogen-bond donors (Lipinski definition) is 2. The van der Waals surface area contributed by atoms with E-state index in [1.807, 2.05) is 27.7 Å². The van der Waals surface area contributed by atoms with Crippen molar-refractivity contribution in [1.82, 2.24) is 34.9 Å². The lowest BCUT2D eigenvalue weighted by molar-refractivity contribution is 0.0267. The van der Waals surface area contributed by atoms with E-state index in [1.54, 1.807) is 14.2 Å². The van der Waals surface area contributed by atoms with Crippen LogP contribution in [-0.2, 0) is 16.8 Å². The number of methoxy groups -OCH3 is 2. The Hall–Kier alpha value is -2.40. The third kappa shape index (κ3) is 6.37. The normalized spacial score (nSPS) is 17.3. The second-order valence-corrected chi connectivity index (χ2v) is 9.57. The average molecular weight is 557 g/mol. The van der Waals surface area contributed by atoms with Crippen LogP contribution in [0.25, 0.3) is 11.0 Å². The lowest BCUT2D eigenvalue weighted by atomic mass is 9.86. The predicted octanol–water partition coefficient (Wildman–Crippen LogP) is 3.81. The monoisotopic (exact) mass is 555 g/mol. The number of hydrogen-bond acceptors (Lipinski definition) is 7. The van der Waals surface area contributed by atoms with Crippen molar-refractivity contribution in [2.24, 2.45) is 5.92 Å². The third-order valence-electron chi connectivity index (χ3n) is 6.66. The van der Waals surface area contributed by atoms with Crippen LogP contribution in [0.5, 0.6) is 5.75 Å². The second-order valence-electron chi connectivity index (χ2n) is 9.57. The molecule has 0 saturated carbocycles. The first kappa shape index (κ1) is 30.8. The molecule has 1 fully saturated rings. The highest BCUT2D eigenvalue weighted by Gasteiger charge is 2.46. The zero-order valence-corrected chi connectivity index (χ0v) is 23.7. The number of para-hydroxylation sites is 1. The van der Waals surface area contributed by atoms with Crippen LogP contribution in [0, 0.1) is 5.92 Å². The van der Waals surface area contributed by atoms with Gasteiger partial charge >= 0.3 is 0 Å². The number of amides is 1. The molecule has 0 bridgehead atoms. The van der Waals surface area contributed by atoms with Crippen molar-refractivity contribution in [2.75, 3.05) is 40.5 Å².